The average molecular weight is 315 g/mol. The molecule has 21 heavy (non-hydrogen) atoms. The van der Waals surface area contributed by atoms with Gasteiger partial charge < -0.3 is 5.32 Å². The number of carbonyl (C=O) groups excluding carboxylic acids is 1. The summed E-state index contributed by atoms with van der Waals surface area (Å²) < 4.78 is 40.3. The van der Waals surface area contributed by atoms with Crippen LogP contribution in [0.2, 0.25) is 0 Å². The van der Waals surface area contributed by atoms with Crippen molar-refractivity contribution in [3.8, 4) is 0 Å². The lowest BCUT2D eigenvalue weighted by Crippen LogP contribution is -2.46. The second-order valence-electron chi connectivity index (χ2n) is 5.09. The van der Waals surface area contributed by atoms with Gasteiger partial charge in [0.15, 0.2) is 0 Å². The van der Waals surface area contributed by atoms with Crippen LogP contribution in [0.15, 0.2) is 24.3 Å². The summed E-state index contributed by atoms with van der Waals surface area (Å²) in [5, 5.41) is 2.70. The molecule has 0 spiro atoms. The van der Waals surface area contributed by atoms with E-state index in [2.05, 4.69) is 5.32 Å². The molecule has 0 unspecified atom stereocenters. The summed E-state index contributed by atoms with van der Waals surface area (Å²) in [6, 6.07) is 5.59. The third-order valence-corrected chi connectivity index (χ3v) is 4.90. The topological polar surface area (TPSA) is 69.7 Å². The number of carbonyl (C=O) groups is 1. The van der Waals surface area contributed by atoms with Gasteiger partial charge in [-0.05, 0) is 25.0 Å². The molecule has 0 atom stereocenters. The van der Waals surface area contributed by atoms with Gasteiger partial charge in [0.2, 0.25) is 5.91 Å². The number of anilines is 1. The molecule has 1 amide bonds. The van der Waals surface area contributed by atoms with Crippen molar-refractivity contribution < 1.29 is 17.6 Å². The summed E-state index contributed by atoms with van der Waals surface area (Å²) >= 11 is 0. The van der Waals surface area contributed by atoms with E-state index in [-0.39, 0.29) is 11.7 Å². The number of rotatable bonds is 6. The number of hydrogen-bond donors (Lipinski definition) is 1. The van der Waals surface area contributed by atoms with Gasteiger partial charge in [-0.15, -0.1) is 0 Å². The van der Waals surface area contributed by atoms with Gasteiger partial charge in [0.25, 0.3) is 0 Å². The van der Waals surface area contributed by atoms with Crippen molar-refractivity contribution in [3.05, 3.63) is 30.1 Å². The van der Waals surface area contributed by atoms with Crippen LogP contribution in [0.1, 0.15) is 12.8 Å². The molecule has 0 aliphatic heterocycles. The Morgan fingerprint density at radius 1 is 1.33 bits per heavy atom. The molecule has 8 heteroatoms. The maximum Gasteiger partial charge on any atom is 0.304 e. The molecule has 0 aromatic heterocycles. The fourth-order valence-electron chi connectivity index (χ4n) is 1.77. The van der Waals surface area contributed by atoms with Gasteiger partial charge in [-0.2, -0.15) is 12.7 Å². The Kier molecular flexibility index (Phi) is 4.48. The Morgan fingerprint density at radius 3 is 2.48 bits per heavy atom. The van der Waals surface area contributed by atoms with E-state index in [1.165, 1.54) is 32.3 Å². The van der Waals surface area contributed by atoms with Gasteiger partial charge in [0, 0.05) is 20.1 Å². The molecule has 1 N–H and O–H groups in total. The zero-order valence-corrected chi connectivity index (χ0v) is 12.7. The highest BCUT2D eigenvalue weighted by Crippen LogP contribution is 2.23. The molecule has 1 aromatic rings. The monoisotopic (exact) mass is 315 g/mol. The molecule has 1 aromatic carbocycles. The maximum atomic E-state index is 13.9. The molecule has 1 aliphatic carbocycles. The second kappa shape index (κ2) is 5.98. The number of nitrogens with one attached hydrogen (secondary N) is 1. The van der Waals surface area contributed by atoms with Crippen molar-refractivity contribution in [1.29, 1.82) is 0 Å². The van der Waals surface area contributed by atoms with E-state index in [9.17, 15) is 17.6 Å². The van der Waals surface area contributed by atoms with E-state index in [0.717, 1.165) is 27.5 Å². The number of nitrogens with zero attached hydrogens (tertiary/aromatic N) is 2. The zero-order chi connectivity index (χ0) is 15.6. The van der Waals surface area contributed by atoms with Crippen LogP contribution in [0.25, 0.3) is 0 Å². The first-order chi connectivity index (χ1) is 9.82. The highest BCUT2D eigenvalue weighted by atomic mass is 32.2. The molecule has 0 heterocycles. The van der Waals surface area contributed by atoms with Crippen molar-refractivity contribution >= 4 is 21.8 Å². The fraction of sp³-hybridized carbons (Fsp3) is 0.462. The van der Waals surface area contributed by atoms with E-state index in [0.29, 0.717) is 0 Å². The van der Waals surface area contributed by atoms with Crippen molar-refractivity contribution in [2.24, 2.45) is 0 Å². The first-order valence-electron chi connectivity index (χ1n) is 6.56. The molecule has 116 valence electrons. The Morgan fingerprint density at radius 2 is 1.95 bits per heavy atom. The summed E-state index contributed by atoms with van der Waals surface area (Å²) in [5.41, 5.74) is -0.142. The molecule has 0 bridgehead atoms. The van der Waals surface area contributed by atoms with Crippen molar-refractivity contribution in [1.82, 2.24) is 9.62 Å². The number of halogens is 1. The van der Waals surface area contributed by atoms with E-state index in [4.69, 9.17) is 0 Å². The maximum absolute atomic E-state index is 13.9. The predicted molar refractivity (Wildman–Crippen MR) is 77.5 cm³/mol. The van der Waals surface area contributed by atoms with Crippen LogP contribution in [0, 0.1) is 5.82 Å². The van der Waals surface area contributed by atoms with E-state index >= 15 is 0 Å². The van der Waals surface area contributed by atoms with Gasteiger partial charge in [0.05, 0.1) is 5.69 Å². The number of para-hydroxylation sites is 1. The second-order valence-corrected chi connectivity index (χ2v) is 7.16. The van der Waals surface area contributed by atoms with E-state index < -0.39 is 28.5 Å². The Balaban J connectivity index is 2.30. The minimum absolute atomic E-state index is 0.113. The molecule has 0 saturated heterocycles. The van der Waals surface area contributed by atoms with Gasteiger partial charge >= 0.3 is 10.2 Å². The Bertz CT molecular complexity index is 629. The smallest absolute Gasteiger partial charge is 0.304 e. The lowest BCUT2D eigenvalue weighted by molar-refractivity contribution is -0.119. The van der Waals surface area contributed by atoms with Crippen LogP contribution >= 0.6 is 0 Å². The SMILES string of the molecule is CN(C)S(=O)(=O)N(CC(=O)NC1CC1)c1ccccc1F. The van der Waals surface area contributed by atoms with Crippen molar-refractivity contribution in [2.45, 2.75) is 18.9 Å². The van der Waals surface area contributed by atoms with Gasteiger partial charge in [-0.1, -0.05) is 12.1 Å². The third-order valence-electron chi connectivity index (χ3n) is 3.09. The summed E-state index contributed by atoms with van der Waals surface area (Å²) in [7, 11) is -1.29. The van der Waals surface area contributed by atoms with Gasteiger partial charge in [0.1, 0.15) is 12.4 Å². The van der Waals surface area contributed by atoms with Crippen LogP contribution in [-0.2, 0) is 15.0 Å². The van der Waals surface area contributed by atoms with Crippen molar-refractivity contribution in [2.75, 3.05) is 24.9 Å². The minimum Gasteiger partial charge on any atom is -0.352 e. The molecule has 1 aliphatic rings. The fourth-order valence-corrected chi connectivity index (χ4v) is 2.84. The summed E-state index contributed by atoms with van der Waals surface area (Å²) in [5.74, 6) is -1.13. The van der Waals surface area contributed by atoms with Crippen LogP contribution in [0.5, 0.6) is 0 Å². The zero-order valence-electron chi connectivity index (χ0n) is 11.9. The summed E-state index contributed by atoms with van der Waals surface area (Å²) in [6.45, 7) is -0.446. The number of hydrogen-bond acceptors (Lipinski definition) is 3. The van der Waals surface area contributed by atoms with Crippen LogP contribution in [0.4, 0.5) is 10.1 Å². The van der Waals surface area contributed by atoms with Crippen LogP contribution < -0.4 is 9.62 Å². The lowest BCUT2D eigenvalue weighted by atomic mass is 10.3. The Labute approximate surface area is 123 Å². The summed E-state index contributed by atoms with van der Waals surface area (Å²) in [4.78, 5) is 11.9. The molecular formula is C13H18FN3O3S. The van der Waals surface area contributed by atoms with Crippen molar-refractivity contribution in [3.63, 3.8) is 0 Å². The van der Waals surface area contributed by atoms with Gasteiger partial charge in [-0.3, -0.25) is 4.79 Å². The minimum atomic E-state index is -3.96. The third kappa shape index (κ3) is 3.70. The van der Waals surface area contributed by atoms with Crippen LogP contribution in [-0.4, -0.2) is 45.3 Å². The molecule has 1 saturated carbocycles. The molecule has 0 radical (unpaired) electrons. The average Bonchev–Trinajstić information content (AvgIpc) is 3.20. The summed E-state index contributed by atoms with van der Waals surface area (Å²) in [6.07, 6.45) is 1.79. The molecule has 1 fully saturated rings. The normalized spacial score (nSPS) is 15.0. The number of amides is 1. The highest BCUT2D eigenvalue weighted by Gasteiger charge is 2.31. The standard InChI is InChI=1S/C13H18FN3O3S/c1-16(2)21(19,20)17(9-13(18)15-10-7-8-10)12-6-4-3-5-11(12)14/h3-6,10H,7-9H2,1-2H3,(H,15,18). The quantitative estimate of drug-likeness (QED) is 0.841. The largest absolute Gasteiger partial charge is 0.352 e. The van der Waals surface area contributed by atoms with Gasteiger partial charge in [-0.25, -0.2) is 8.70 Å². The molecule has 2 rings (SSSR count). The molecular weight excluding hydrogens is 297 g/mol. The Hall–Kier alpha value is -1.67. The highest BCUT2D eigenvalue weighted by molar-refractivity contribution is 7.90. The number of benzene rings is 1. The van der Waals surface area contributed by atoms with E-state index in [1.54, 1.807) is 0 Å². The predicted octanol–water partition coefficient (Wildman–Crippen LogP) is 0.717. The lowest BCUT2D eigenvalue weighted by Gasteiger charge is -2.27. The first kappa shape index (κ1) is 15.7. The molecule has 6 nitrogen and oxygen atoms in total. The first-order valence-corrected chi connectivity index (χ1v) is 7.96. The van der Waals surface area contributed by atoms with Crippen LogP contribution in [0.3, 0.4) is 0 Å². The van der Waals surface area contributed by atoms with E-state index in [1.807, 2.05) is 0 Å².